The zero-order chi connectivity index (χ0) is 18.8. The molecule has 0 radical (unpaired) electrons. The van der Waals surface area contributed by atoms with Crippen LogP contribution in [0.5, 0.6) is 0 Å². The number of benzene rings is 1. The molecule has 8 heteroatoms. The molecule has 0 unspecified atom stereocenters. The molecule has 0 saturated heterocycles. The van der Waals surface area contributed by atoms with Gasteiger partial charge in [0.25, 0.3) is 0 Å². The molecule has 7 nitrogen and oxygen atoms in total. The van der Waals surface area contributed by atoms with Crippen LogP contribution in [0.15, 0.2) is 42.7 Å². The maximum Gasteiger partial charge on any atom is 0.229 e. The molecule has 0 saturated carbocycles. The van der Waals surface area contributed by atoms with E-state index in [-0.39, 0.29) is 5.91 Å². The maximum atomic E-state index is 11.5. The van der Waals surface area contributed by atoms with Crippen molar-refractivity contribution < 1.29 is 4.79 Å². The summed E-state index contributed by atoms with van der Waals surface area (Å²) in [6.07, 6.45) is 3.69. The highest BCUT2D eigenvalue weighted by atomic mass is 35.5. The van der Waals surface area contributed by atoms with Crippen molar-refractivity contribution in [3.05, 3.63) is 64.6 Å². The van der Waals surface area contributed by atoms with Crippen LogP contribution in [0.1, 0.15) is 16.8 Å². The first-order valence-corrected chi connectivity index (χ1v) is 8.82. The smallest absolute Gasteiger partial charge is 0.229 e. The lowest BCUT2D eigenvalue weighted by molar-refractivity contribution is -0.115. The largest absolute Gasteiger partial charge is 0.363 e. The van der Waals surface area contributed by atoms with Gasteiger partial charge in [-0.3, -0.25) is 9.78 Å². The standard InChI is InChI=1S/C19H17ClN6O/c1-11-4-5-21-14(6-11)9-22-18-15(20)10-23-19(26-18)24-13-2-3-16-12(7-13)8-17(27)25-16/h2-7,10H,8-9H2,1H3,(H,25,27)(H2,22,23,24,26). The van der Waals surface area contributed by atoms with E-state index in [4.69, 9.17) is 11.6 Å². The second-order valence-electron chi connectivity index (χ2n) is 6.29. The monoisotopic (exact) mass is 380 g/mol. The Hall–Kier alpha value is -3.19. The Bertz CT molecular complexity index is 1020. The number of anilines is 4. The number of aryl methyl sites for hydroxylation is 1. The first-order chi connectivity index (χ1) is 13.1. The van der Waals surface area contributed by atoms with Crippen LogP contribution < -0.4 is 16.0 Å². The fourth-order valence-corrected chi connectivity index (χ4v) is 3.02. The molecular weight excluding hydrogens is 364 g/mol. The van der Waals surface area contributed by atoms with Gasteiger partial charge in [0, 0.05) is 17.6 Å². The van der Waals surface area contributed by atoms with E-state index in [1.807, 2.05) is 37.3 Å². The Morgan fingerprint density at radius 3 is 2.96 bits per heavy atom. The molecule has 0 aliphatic carbocycles. The van der Waals surface area contributed by atoms with Crippen molar-refractivity contribution in [2.24, 2.45) is 0 Å². The van der Waals surface area contributed by atoms with Gasteiger partial charge in [0.1, 0.15) is 5.02 Å². The van der Waals surface area contributed by atoms with E-state index in [1.54, 1.807) is 12.4 Å². The summed E-state index contributed by atoms with van der Waals surface area (Å²) >= 11 is 6.21. The predicted molar refractivity (Wildman–Crippen MR) is 105 cm³/mol. The van der Waals surface area contributed by atoms with E-state index in [1.165, 1.54) is 0 Å². The normalized spacial score (nSPS) is 12.4. The van der Waals surface area contributed by atoms with E-state index in [0.717, 1.165) is 28.2 Å². The van der Waals surface area contributed by atoms with Gasteiger partial charge in [-0.1, -0.05) is 11.6 Å². The summed E-state index contributed by atoms with van der Waals surface area (Å²) in [5, 5.41) is 9.58. The predicted octanol–water partition coefficient (Wildman–Crippen LogP) is 3.68. The molecule has 1 aliphatic heterocycles. The third-order valence-electron chi connectivity index (χ3n) is 4.14. The second kappa shape index (κ2) is 7.20. The van der Waals surface area contributed by atoms with Crippen molar-refractivity contribution in [1.82, 2.24) is 15.0 Å². The number of nitrogens with one attached hydrogen (secondary N) is 3. The molecule has 27 heavy (non-hydrogen) atoms. The fraction of sp³-hybridized carbons (Fsp3) is 0.158. The lowest BCUT2D eigenvalue weighted by Gasteiger charge is -2.11. The van der Waals surface area contributed by atoms with Crippen molar-refractivity contribution in [3.8, 4) is 0 Å². The van der Waals surface area contributed by atoms with Crippen molar-refractivity contribution in [2.75, 3.05) is 16.0 Å². The van der Waals surface area contributed by atoms with Crippen molar-refractivity contribution in [2.45, 2.75) is 19.9 Å². The summed E-state index contributed by atoms with van der Waals surface area (Å²) in [5.74, 6) is 0.938. The molecule has 1 aromatic carbocycles. The summed E-state index contributed by atoms with van der Waals surface area (Å²) < 4.78 is 0. The molecule has 3 aromatic rings. The quantitative estimate of drug-likeness (QED) is 0.625. The van der Waals surface area contributed by atoms with Gasteiger partial charge in [-0.25, -0.2) is 4.98 Å². The van der Waals surface area contributed by atoms with Gasteiger partial charge in [-0.15, -0.1) is 0 Å². The molecule has 0 atom stereocenters. The topological polar surface area (TPSA) is 91.8 Å². The third-order valence-corrected chi connectivity index (χ3v) is 4.42. The number of fused-ring (bicyclic) bond motifs is 1. The van der Waals surface area contributed by atoms with Crippen molar-refractivity contribution >= 4 is 40.6 Å². The molecule has 136 valence electrons. The van der Waals surface area contributed by atoms with E-state index in [2.05, 4.69) is 30.9 Å². The average Bonchev–Trinajstić information content (AvgIpc) is 3.01. The number of carbonyl (C=O) groups excluding carboxylic acids is 1. The number of amides is 1. The summed E-state index contributed by atoms with van der Waals surface area (Å²) in [7, 11) is 0. The van der Waals surface area contributed by atoms with E-state index >= 15 is 0 Å². The summed E-state index contributed by atoms with van der Waals surface area (Å²) in [6.45, 7) is 2.52. The van der Waals surface area contributed by atoms with Gasteiger partial charge in [0.2, 0.25) is 11.9 Å². The van der Waals surface area contributed by atoms with Gasteiger partial charge in [0.15, 0.2) is 5.82 Å². The molecule has 3 heterocycles. The van der Waals surface area contributed by atoms with Crippen LogP contribution in [0.3, 0.4) is 0 Å². The highest BCUT2D eigenvalue weighted by Crippen LogP contribution is 2.28. The highest BCUT2D eigenvalue weighted by molar-refractivity contribution is 6.32. The zero-order valence-electron chi connectivity index (χ0n) is 14.6. The summed E-state index contributed by atoms with van der Waals surface area (Å²) in [6, 6.07) is 9.59. The Balaban J connectivity index is 1.49. The average molecular weight is 381 g/mol. The number of hydrogen-bond acceptors (Lipinski definition) is 6. The number of halogens is 1. The first-order valence-electron chi connectivity index (χ1n) is 8.44. The molecule has 2 aromatic heterocycles. The van der Waals surface area contributed by atoms with Crippen molar-refractivity contribution in [1.29, 1.82) is 0 Å². The molecular formula is C19H17ClN6O. The molecule has 0 bridgehead atoms. The first kappa shape index (κ1) is 17.2. The minimum absolute atomic E-state index is 0.00105. The van der Waals surface area contributed by atoms with Gasteiger partial charge in [-0.05, 0) is 48.4 Å². The van der Waals surface area contributed by atoms with Crippen LogP contribution >= 0.6 is 11.6 Å². The minimum Gasteiger partial charge on any atom is -0.363 e. The molecule has 4 rings (SSSR count). The Morgan fingerprint density at radius 2 is 2.11 bits per heavy atom. The van der Waals surface area contributed by atoms with Crippen LogP contribution in [0.25, 0.3) is 0 Å². The SMILES string of the molecule is Cc1ccnc(CNc2nc(Nc3ccc4c(c3)CC(=O)N4)ncc2Cl)c1. The lowest BCUT2D eigenvalue weighted by Crippen LogP contribution is -2.06. The van der Waals surface area contributed by atoms with Crippen LogP contribution in [0.4, 0.5) is 23.1 Å². The Labute approximate surface area is 161 Å². The van der Waals surface area contributed by atoms with Crippen LogP contribution in [0.2, 0.25) is 5.02 Å². The van der Waals surface area contributed by atoms with E-state index in [9.17, 15) is 4.79 Å². The fourth-order valence-electron chi connectivity index (χ4n) is 2.86. The van der Waals surface area contributed by atoms with Gasteiger partial charge in [0.05, 0.1) is 24.9 Å². The van der Waals surface area contributed by atoms with Crippen LogP contribution in [-0.2, 0) is 17.8 Å². The number of carbonyl (C=O) groups is 1. The Morgan fingerprint density at radius 1 is 1.22 bits per heavy atom. The molecule has 0 spiro atoms. The zero-order valence-corrected chi connectivity index (χ0v) is 15.3. The highest BCUT2D eigenvalue weighted by Gasteiger charge is 2.17. The Kier molecular flexibility index (Phi) is 4.60. The minimum atomic E-state index is 0.00105. The van der Waals surface area contributed by atoms with E-state index < -0.39 is 0 Å². The molecule has 1 amide bonds. The molecule has 0 fully saturated rings. The van der Waals surface area contributed by atoms with Gasteiger partial charge >= 0.3 is 0 Å². The second-order valence-corrected chi connectivity index (χ2v) is 6.70. The number of rotatable bonds is 5. The van der Waals surface area contributed by atoms with Crippen molar-refractivity contribution in [3.63, 3.8) is 0 Å². The lowest BCUT2D eigenvalue weighted by atomic mass is 10.1. The maximum absolute atomic E-state index is 11.5. The summed E-state index contributed by atoms with van der Waals surface area (Å²) in [5.41, 5.74) is 4.63. The van der Waals surface area contributed by atoms with Gasteiger partial charge in [-0.2, -0.15) is 4.98 Å². The molecule has 3 N–H and O–H groups in total. The third kappa shape index (κ3) is 3.98. The van der Waals surface area contributed by atoms with Crippen LogP contribution in [-0.4, -0.2) is 20.9 Å². The molecule has 1 aliphatic rings. The van der Waals surface area contributed by atoms with Gasteiger partial charge < -0.3 is 16.0 Å². The number of nitrogens with zero attached hydrogens (tertiary/aromatic N) is 3. The number of hydrogen-bond donors (Lipinski definition) is 3. The van der Waals surface area contributed by atoms with E-state index in [0.29, 0.717) is 29.8 Å². The number of aromatic nitrogens is 3. The number of pyridine rings is 1. The summed E-state index contributed by atoms with van der Waals surface area (Å²) in [4.78, 5) is 24.5. The van der Waals surface area contributed by atoms with Crippen LogP contribution in [0, 0.1) is 6.92 Å².